The zero-order valence-corrected chi connectivity index (χ0v) is 12.1. The Morgan fingerprint density at radius 3 is 2.48 bits per heavy atom. The highest BCUT2D eigenvalue weighted by molar-refractivity contribution is 7.92. The summed E-state index contributed by atoms with van der Waals surface area (Å²) in [4.78, 5) is 22.9. The van der Waals surface area contributed by atoms with Gasteiger partial charge in [0.15, 0.2) is 4.90 Å². The predicted octanol–water partition coefficient (Wildman–Crippen LogP) is -0.410. The largest absolute Gasteiger partial charge is 0.508 e. The van der Waals surface area contributed by atoms with E-state index in [1.807, 2.05) is 0 Å². The minimum atomic E-state index is -4.18. The zero-order chi connectivity index (χ0) is 15.8. The number of nitrogens with zero attached hydrogens (tertiary/aromatic N) is 2. The van der Waals surface area contributed by atoms with Gasteiger partial charge in [-0.05, 0) is 12.1 Å². The second kappa shape index (κ2) is 5.09. The lowest BCUT2D eigenvalue weighted by Gasteiger charge is -2.10. The molecule has 0 unspecified atom stereocenters. The van der Waals surface area contributed by atoms with E-state index in [0.717, 1.165) is 10.8 Å². The number of benzene rings is 1. The number of aryl methyl sites for hydroxylation is 1. The maximum Gasteiger partial charge on any atom is 0.330 e. The number of hydrogen-bond acceptors (Lipinski definition) is 5. The molecule has 0 radical (unpaired) electrons. The van der Waals surface area contributed by atoms with Gasteiger partial charge in [0.05, 0.1) is 5.69 Å². The topological polar surface area (TPSA) is 110 Å². The number of hydrogen-bond donors (Lipinski definition) is 2. The number of phenols is 1. The lowest BCUT2D eigenvalue weighted by molar-refractivity contribution is 0.475. The molecule has 0 bridgehead atoms. The molecule has 0 saturated heterocycles. The van der Waals surface area contributed by atoms with E-state index in [-0.39, 0.29) is 11.4 Å². The molecule has 1 aromatic heterocycles. The Morgan fingerprint density at radius 2 is 1.86 bits per heavy atom. The third-order valence-corrected chi connectivity index (χ3v) is 4.17. The van der Waals surface area contributed by atoms with Crippen LogP contribution in [0.2, 0.25) is 0 Å². The number of anilines is 1. The lowest BCUT2D eigenvalue weighted by atomic mass is 10.3. The molecule has 0 atom stereocenters. The molecule has 2 rings (SSSR count). The van der Waals surface area contributed by atoms with Crippen LogP contribution in [-0.4, -0.2) is 22.7 Å². The molecule has 8 nitrogen and oxygen atoms in total. The first-order valence-corrected chi connectivity index (χ1v) is 7.29. The molecule has 0 amide bonds. The minimum Gasteiger partial charge on any atom is -0.508 e. The molecular formula is C12H13N3O5S. The highest BCUT2D eigenvalue weighted by Gasteiger charge is 2.21. The van der Waals surface area contributed by atoms with Crippen LogP contribution in [0.1, 0.15) is 0 Å². The van der Waals surface area contributed by atoms with Crippen LogP contribution in [-0.2, 0) is 24.1 Å². The molecule has 0 aliphatic carbocycles. The van der Waals surface area contributed by atoms with Crippen molar-refractivity contribution in [1.29, 1.82) is 0 Å². The standard InChI is InChI=1S/C12H13N3O5S/c1-14-7-10(11(17)15(2)12(14)18)21(19,20)13-8-4-3-5-9(16)6-8/h3-7,13,16H,1-2H3. The van der Waals surface area contributed by atoms with E-state index < -0.39 is 26.2 Å². The molecule has 0 saturated carbocycles. The van der Waals surface area contributed by atoms with Crippen LogP contribution in [0.25, 0.3) is 0 Å². The van der Waals surface area contributed by atoms with Crippen molar-refractivity contribution in [2.45, 2.75) is 4.90 Å². The van der Waals surface area contributed by atoms with E-state index in [1.54, 1.807) is 0 Å². The van der Waals surface area contributed by atoms with Crippen molar-refractivity contribution in [2.24, 2.45) is 14.1 Å². The van der Waals surface area contributed by atoms with Crippen molar-refractivity contribution in [2.75, 3.05) is 4.72 Å². The van der Waals surface area contributed by atoms with Gasteiger partial charge in [0.25, 0.3) is 15.6 Å². The van der Waals surface area contributed by atoms with Gasteiger partial charge in [-0.25, -0.2) is 13.2 Å². The summed E-state index contributed by atoms with van der Waals surface area (Å²) in [6.45, 7) is 0. The molecule has 2 N–H and O–H groups in total. The van der Waals surface area contributed by atoms with E-state index in [0.29, 0.717) is 4.57 Å². The zero-order valence-electron chi connectivity index (χ0n) is 11.3. The maximum absolute atomic E-state index is 12.2. The Morgan fingerprint density at radius 1 is 1.19 bits per heavy atom. The monoisotopic (exact) mass is 311 g/mol. The number of aromatic nitrogens is 2. The summed E-state index contributed by atoms with van der Waals surface area (Å²) >= 11 is 0. The Hall–Kier alpha value is -2.55. The van der Waals surface area contributed by atoms with E-state index in [2.05, 4.69) is 4.72 Å². The van der Waals surface area contributed by atoms with Crippen molar-refractivity contribution in [1.82, 2.24) is 9.13 Å². The third kappa shape index (κ3) is 2.82. The number of nitrogens with one attached hydrogen (secondary N) is 1. The molecular weight excluding hydrogens is 298 g/mol. The smallest absolute Gasteiger partial charge is 0.330 e. The quantitative estimate of drug-likeness (QED) is 0.800. The molecule has 2 aromatic rings. The van der Waals surface area contributed by atoms with Crippen LogP contribution in [0.15, 0.2) is 44.9 Å². The highest BCUT2D eigenvalue weighted by Crippen LogP contribution is 2.18. The van der Waals surface area contributed by atoms with Gasteiger partial charge in [0.2, 0.25) is 0 Å². The van der Waals surface area contributed by atoms with Crippen LogP contribution in [0, 0.1) is 0 Å². The van der Waals surface area contributed by atoms with Gasteiger partial charge in [0.1, 0.15) is 5.75 Å². The molecule has 0 aliphatic heterocycles. The number of aromatic hydroxyl groups is 1. The van der Waals surface area contributed by atoms with E-state index in [1.165, 1.54) is 38.4 Å². The van der Waals surface area contributed by atoms with Crippen molar-refractivity contribution < 1.29 is 13.5 Å². The molecule has 0 spiro atoms. The molecule has 0 aliphatic rings. The summed E-state index contributed by atoms with van der Waals surface area (Å²) in [5.74, 6) is -0.122. The van der Waals surface area contributed by atoms with Gasteiger partial charge >= 0.3 is 5.69 Å². The normalized spacial score (nSPS) is 11.3. The van der Waals surface area contributed by atoms with E-state index in [9.17, 15) is 23.1 Å². The van der Waals surface area contributed by atoms with Crippen molar-refractivity contribution in [3.8, 4) is 5.75 Å². The fraction of sp³-hybridized carbons (Fsp3) is 0.167. The van der Waals surface area contributed by atoms with Gasteiger partial charge in [-0.15, -0.1) is 0 Å². The van der Waals surface area contributed by atoms with Crippen LogP contribution in [0.5, 0.6) is 5.75 Å². The summed E-state index contributed by atoms with van der Waals surface area (Å²) in [6, 6.07) is 5.45. The third-order valence-electron chi connectivity index (χ3n) is 2.80. The fourth-order valence-corrected chi connectivity index (χ4v) is 2.95. The highest BCUT2D eigenvalue weighted by atomic mass is 32.2. The first-order valence-electron chi connectivity index (χ1n) is 5.81. The summed E-state index contributed by atoms with van der Waals surface area (Å²) in [5, 5.41) is 9.31. The fourth-order valence-electron chi connectivity index (χ4n) is 1.74. The second-order valence-electron chi connectivity index (χ2n) is 4.41. The SMILES string of the molecule is Cn1cc(S(=O)(=O)Nc2cccc(O)c2)c(=O)n(C)c1=O. The van der Waals surface area contributed by atoms with Crippen LogP contribution >= 0.6 is 0 Å². The summed E-state index contributed by atoms with van der Waals surface area (Å²) < 4.78 is 28.3. The molecule has 1 aromatic carbocycles. The van der Waals surface area contributed by atoms with Gasteiger partial charge in [-0.3, -0.25) is 14.1 Å². The maximum atomic E-state index is 12.2. The van der Waals surface area contributed by atoms with Crippen molar-refractivity contribution in [3.63, 3.8) is 0 Å². The number of rotatable bonds is 3. The van der Waals surface area contributed by atoms with E-state index >= 15 is 0 Å². The average molecular weight is 311 g/mol. The molecule has 112 valence electrons. The first kappa shape index (κ1) is 14.9. The Balaban J connectivity index is 2.56. The first-order chi connectivity index (χ1) is 9.72. The molecule has 0 fully saturated rings. The number of sulfonamides is 1. The van der Waals surface area contributed by atoms with Gasteiger partial charge < -0.3 is 9.67 Å². The lowest BCUT2D eigenvalue weighted by Crippen LogP contribution is -2.40. The summed E-state index contributed by atoms with van der Waals surface area (Å²) in [5.41, 5.74) is -1.45. The van der Waals surface area contributed by atoms with Crippen LogP contribution < -0.4 is 16.0 Å². The Bertz CT molecular complexity index is 911. The van der Waals surface area contributed by atoms with Gasteiger partial charge in [-0.2, -0.15) is 0 Å². The average Bonchev–Trinajstić information content (AvgIpc) is 2.40. The molecule has 1 heterocycles. The molecule has 21 heavy (non-hydrogen) atoms. The van der Waals surface area contributed by atoms with Crippen molar-refractivity contribution in [3.05, 3.63) is 51.3 Å². The predicted molar refractivity (Wildman–Crippen MR) is 75.8 cm³/mol. The van der Waals surface area contributed by atoms with Crippen LogP contribution in [0.3, 0.4) is 0 Å². The second-order valence-corrected chi connectivity index (χ2v) is 6.06. The number of phenolic OH excluding ortho intramolecular Hbond substituents is 1. The van der Waals surface area contributed by atoms with Gasteiger partial charge in [0, 0.05) is 26.4 Å². The Kier molecular flexibility index (Phi) is 3.60. The Labute approximate surface area is 120 Å². The van der Waals surface area contributed by atoms with Crippen LogP contribution in [0.4, 0.5) is 5.69 Å². The van der Waals surface area contributed by atoms with Crippen molar-refractivity contribution >= 4 is 15.7 Å². The summed E-state index contributed by atoms with van der Waals surface area (Å²) in [7, 11) is -1.64. The summed E-state index contributed by atoms with van der Waals surface area (Å²) in [6.07, 6.45) is 0.954. The van der Waals surface area contributed by atoms with Gasteiger partial charge in [-0.1, -0.05) is 6.07 Å². The minimum absolute atomic E-state index is 0.103. The molecule has 9 heteroatoms. The van der Waals surface area contributed by atoms with E-state index in [4.69, 9.17) is 0 Å².